The van der Waals surface area contributed by atoms with Crippen LogP contribution in [0.15, 0.2) is 18.3 Å². The van der Waals surface area contributed by atoms with Gasteiger partial charge in [-0.2, -0.15) is 0 Å². The number of carbonyl (C=O) groups excluding carboxylic acids is 2. The van der Waals surface area contributed by atoms with Crippen LogP contribution in [0.3, 0.4) is 0 Å². The fourth-order valence-corrected chi connectivity index (χ4v) is 3.14. The molecule has 2 aliphatic rings. The summed E-state index contributed by atoms with van der Waals surface area (Å²) >= 11 is 0. The molecule has 0 aromatic carbocycles. The van der Waals surface area contributed by atoms with Crippen molar-refractivity contribution in [3.8, 4) is 5.88 Å². The molecule has 1 unspecified atom stereocenters. The van der Waals surface area contributed by atoms with Crippen molar-refractivity contribution in [2.45, 2.75) is 39.7 Å². The topological polar surface area (TPSA) is 73.2 Å². The van der Waals surface area contributed by atoms with Gasteiger partial charge in [-0.05, 0) is 30.9 Å². The van der Waals surface area contributed by atoms with Crippen LogP contribution in [0.1, 0.15) is 43.6 Å². The van der Waals surface area contributed by atoms with E-state index in [0.29, 0.717) is 37.1 Å². The standard InChI is InChI=1S/C17H19N3O3.C2H6/c21-9-14-6-13-3-4-18-17(16(13)20(14)8-11-1-2-11)23-10-12-5-15(22)19-7-12;1-2/h3-4,6,9,11-12H,1-2,5,7-8,10H2,(H,19,22);1-2H3. The van der Waals surface area contributed by atoms with Crippen molar-refractivity contribution >= 4 is 23.1 Å². The van der Waals surface area contributed by atoms with Gasteiger partial charge in [-0.15, -0.1) is 0 Å². The average Bonchev–Trinajstić information content (AvgIpc) is 3.25. The fraction of sp³-hybridized carbons (Fsp3) is 0.526. The minimum atomic E-state index is 0.0742. The third-order valence-corrected chi connectivity index (χ3v) is 4.58. The van der Waals surface area contributed by atoms with Crippen LogP contribution in [0, 0.1) is 11.8 Å². The number of hydrogen-bond acceptors (Lipinski definition) is 4. The average molecular weight is 343 g/mol. The fourth-order valence-electron chi connectivity index (χ4n) is 3.14. The molecule has 3 heterocycles. The van der Waals surface area contributed by atoms with Crippen LogP contribution in [-0.4, -0.2) is 34.9 Å². The van der Waals surface area contributed by atoms with Crippen LogP contribution in [0.4, 0.5) is 0 Å². The van der Waals surface area contributed by atoms with Crippen molar-refractivity contribution in [1.82, 2.24) is 14.9 Å². The zero-order chi connectivity index (χ0) is 17.8. The molecule has 1 saturated carbocycles. The normalized spacial score (nSPS) is 19.3. The summed E-state index contributed by atoms with van der Waals surface area (Å²) in [5, 5.41) is 3.78. The maximum atomic E-state index is 11.4. The molecule has 4 rings (SSSR count). The molecule has 1 amide bonds. The summed E-state index contributed by atoms with van der Waals surface area (Å²) < 4.78 is 7.94. The summed E-state index contributed by atoms with van der Waals surface area (Å²) in [6, 6.07) is 3.79. The molecular weight excluding hydrogens is 318 g/mol. The van der Waals surface area contributed by atoms with E-state index >= 15 is 0 Å². The van der Waals surface area contributed by atoms with Gasteiger partial charge in [-0.25, -0.2) is 4.98 Å². The van der Waals surface area contributed by atoms with Gasteiger partial charge in [0, 0.05) is 37.0 Å². The Morgan fingerprint density at radius 2 is 2.16 bits per heavy atom. The third kappa shape index (κ3) is 3.83. The van der Waals surface area contributed by atoms with E-state index in [4.69, 9.17) is 4.74 Å². The summed E-state index contributed by atoms with van der Waals surface area (Å²) in [6.07, 6.45) is 5.52. The number of nitrogens with one attached hydrogen (secondary N) is 1. The Balaban J connectivity index is 0.000000880. The quantitative estimate of drug-likeness (QED) is 0.819. The molecule has 2 aromatic rings. The Hall–Kier alpha value is -2.37. The lowest BCUT2D eigenvalue weighted by molar-refractivity contribution is -0.119. The first-order valence-electron chi connectivity index (χ1n) is 9.07. The number of aldehydes is 1. The van der Waals surface area contributed by atoms with Gasteiger partial charge in [0.2, 0.25) is 11.8 Å². The predicted octanol–water partition coefficient (Wildman–Crippen LogP) is 2.80. The second-order valence-corrected chi connectivity index (χ2v) is 6.48. The summed E-state index contributed by atoms with van der Waals surface area (Å²) in [5.74, 6) is 1.45. The number of ether oxygens (including phenoxy) is 1. The van der Waals surface area contributed by atoms with Crippen LogP contribution < -0.4 is 10.1 Å². The SMILES string of the molecule is CC.O=Cc1cc2ccnc(OCC3CNC(=O)C3)c2n1CC1CC1. The Morgan fingerprint density at radius 1 is 1.36 bits per heavy atom. The van der Waals surface area contributed by atoms with Crippen LogP contribution >= 0.6 is 0 Å². The van der Waals surface area contributed by atoms with Crippen molar-refractivity contribution in [2.24, 2.45) is 11.8 Å². The van der Waals surface area contributed by atoms with E-state index in [1.165, 1.54) is 12.8 Å². The second kappa shape index (κ2) is 7.68. The number of fused-ring (bicyclic) bond motifs is 1. The van der Waals surface area contributed by atoms with Crippen molar-refractivity contribution in [3.05, 3.63) is 24.0 Å². The molecule has 6 heteroatoms. The van der Waals surface area contributed by atoms with Crippen LogP contribution in [0.5, 0.6) is 5.88 Å². The number of pyridine rings is 1. The van der Waals surface area contributed by atoms with E-state index in [-0.39, 0.29) is 11.8 Å². The van der Waals surface area contributed by atoms with Crippen molar-refractivity contribution in [3.63, 3.8) is 0 Å². The molecule has 0 spiro atoms. The maximum Gasteiger partial charge on any atom is 0.238 e. The monoisotopic (exact) mass is 343 g/mol. The van der Waals surface area contributed by atoms with Gasteiger partial charge < -0.3 is 14.6 Å². The van der Waals surface area contributed by atoms with Crippen molar-refractivity contribution in [1.29, 1.82) is 0 Å². The largest absolute Gasteiger partial charge is 0.476 e. The van der Waals surface area contributed by atoms with E-state index in [2.05, 4.69) is 10.3 Å². The molecule has 0 radical (unpaired) electrons. The van der Waals surface area contributed by atoms with E-state index in [1.807, 2.05) is 30.5 Å². The Kier molecular flexibility index (Phi) is 5.36. The molecule has 25 heavy (non-hydrogen) atoms. The van der Waals surface area contributed by atoms with Crippen molar-refractivity contribution < 1.29 is 14.3 Å². The third-order valence-electron chi connectivity index (χ3n) is 4.58. The zero-order valence-corrected chi connectivity index (χ0v) is 14.8. The van der Waals surface area contributed by atoms with Gasteiger partial charge in [-0.3, -0.25) is 9.59 Å². The highest BCUT2D eigenvalue weighted by Gasteiger charge is 2.26. The molecule has 134 valence electrons. The summed E-state index contributed by atoms with van der Waals surface area (Å²) in [6.45, 7) is 5.94. The predicted molar refractivity (Wildman–Crippen MR) is 95.8 cm³/mol. The number of nitrogens with zero attached hydrogens (tertiary/aromatic N) is 2. The molecule has 2 fully saturated rings. The molecule has 1 N–H and O–H groups in total. The first-order valence-corrected chi connectivity index (χ1v) is 9.07. The Bertz CT molecular complexity index is 765. The van der Waals surface area contributed by atoms with Gasteiger partial charge in [0.05, 0.1) is 12.3 Å². The summed E-state index contributed by atoms with van der Waals surface area (Å²) in [7, 11) is 0. The van der Waals surface area contributed by atoms with Gasteiger partial charge >= 0.3 is 0 Å². The lowest BCUT2D eigenvalue weighted by Crippen LogP contribution is -2.17. The first kappa shape index (κ1) is 17.5. The van der Waals surface area contributed by atoms with Crippen molar-refractivity contribution in [2.75, 3.05) is 13.2 Å². The molecule has 1 aliphatic heterocycles. The van der Waals surface area contributed by atoms with Gasteiger partial charge in [0.15, 0.2) is 6.29 Å². The molecule has 1 saturated heterocycles. The lowest BCUT2D eigenvalue weighted by atomic mass is 10.1. The van der Waals surface area contributed by atoms with Crippen LogP contribution in [-0.2, 0) is 11.3 Å². The molecule has 6 nitrogen and oxygen atoms in total. The molecule has 1 atom stereocenters. The number of hydrogen-bond donors (Lipinski definition) is 1. The van der Waals surface area contributed by atoms with Gasteiger partial charge in [0.1, 0.15) is 5.52 Å². The van der Waals surface area contributed by atoms with E-state index in [0.717, 1.165) is 23.7 Å². The highest BCUT2D eigenvalue weighted by molar-refractivity contribution is 5.91. The molecule has 0 bridgehead atoms. The lowest BCUT2D eigenvalue weighted by Gasteiger charge is -2.13. The Morgan fingerprint density at radius 3 is 2.80 bits per heavy atom. The van der Waals surface area contributed by atoms with E-state index < -0.39 is 0 Å². The molecule has 1 aliphatic carbocycles. The highest BCUT2D eigenvalue weighted by atomic mass is 16.5. The molecular formula is C19H25N3O3. The minimum Gasteiger partial charge on any atom is -0.476 e. The van der Waals surface area contributed by atoms with E-state index in [9.17, 15) is 9.59 Å². The van der Waals surface area contributed by atoms with E-state index in [1.54, 1.807) is 6.20 Å². The zero-order valence-electron chi connectivity index (χ0n) is 14.8. The summed E-state index contributed by atoms with van der Waals surface area (Å²) in [5.41, 5.74) is 1.56. The number of rotatable bonds is 6. The smallest absolute Gasteiger partial charge is 0.238 e. The van der Waals surface area contributed by atoms with Crippen LogP contribution in [0.2, 0.25) is 0 Å². The van der Waals surface area contributed by atoms with Crippen LogP contribution in [0.25, 0.3) is 10.9 Å². The molecule has 2 aromatic heterocycles. The second-order valence-electron chi connectivity index (χ2n) is 6.48. The number of amides is 1. The number of carbonyl (C=O) groups is 2. The first-order chi connectivity index (χ1) is 12.2. The van der Waals surface area contributed by atoms with Gasteiger partial charge in [-0.1, -0.05) is 13.8 Å². The Labute approximate surface area is 147 Å². The highest BCUT2D eigenvalue weighted by Crippen LogP contribution is 2.35. The maximum absolute atomic E-state index is 11.4. The number of aromatic nitrogens is 2. The van der Waals surface area contributed by atoms with Gasteiger partial charge in [0.25, 0.3) is 0 Å². The summed E-state index contributed by atoms with van der Waals surface area (Å²) in [4.78, 5) is 27.0. The minimum absolute atomic E-state index is 0.0742.